The predicted octanol–water partition coefficient (Wildman–Crippen LogP) is 3.86. The lowest BCUT2D eigenvalue weighted by Crippen LogP contribution is -2.49. The average molecular weight is 482 g/mol. The summed E-state index contributed by atoms with van der Waals surface area (Å²) in [6.07, 6.45) is 2.41. The number of nitrogens with zero attached hydrogens (tertiary/aromatic N) is 4. The Morgan fingerprint density at radius 1 is 1.20 bits per heavy atom. The highest BCUT2D eigenvalue weighted by Crippen LogP contribution is 2.31. The molecule has 1 saturated heterocycles. The number of piperidine rings is 1. The van der Waals surface area contributed by atoms with Crippen LogP contribution in [0.3, 0.4) is 0 Å². The number of carbonyl (C=O) groups is 1. The Morgan fingerprint density at radius 2 is 1.86 bits per heavy atom. The molecule has 1 fully saturated rings. The second-order valence-corrected chi connectivity index (χ2v) is 8.31. The van der Waals surface area contributed by atoms with Gasteiger partial charge in [0.05, 0.1) is 18.4 Å². The van der Waals surface area contributed by atoms with E-state index in [1.807, 2.05) is 18.0 Å². The first-order chi connectivity index (χ1) is 16.8. The van der Waals surface area contributed by atoms with Crippen molar-refractivity contribution in [1.29, 1.82) is 5.26 Å². The van der Waals surface area contributed by atoms with Gasteiger partial charge in [-0.3, -0.25) is 9.69 Å². The summed E-state index contributed by atoms with van der Waals surface area (Å²) in [7, 11) is 4.91. The molecule has 0 unspecified atom stereocenters. The van der Waals surface area contributed by atoms with E-state index in [1.165, 1.54) is 36.3 Å². The number of amides is 1. The highest BCUT2D eigenvalue weighted by atomic mass is 19.1. The number of halogens is 2. The van der Waals surface area contributed by atoms with E-state index in [9.17, 15) is 13.6 Å². The number of ether oxygens (including phenoxy) is 1. The molecule has 1 heterocycles. The Labute approximate surface area is 204 Å². The van der Waals surface area contributed by atoms with Crippen molar-refractivity contribution in [3.8, 4) is 11.8 Å². The zero-order chi connectivity index (χ0) is 25.5. The molecule has 0 atom stereocenters. The largest absolute Gasteiger partial charge is 0.494 e. The molecule has 184 valence electrons. The van der Waals surface area contributed by atoms with Crippen molar-refractivity contribution in [2.24, 2.45) is 4.99 Å². The lowest BCUT2D eigenvalue weighted by Gasteiger charge is -2.36. The Morgan fingerprint density at radius 3 is 2.40 bits per heavy atom. The molecule has 9 heteroatoms. The number of allylic oxidation sites excluding steroid dienone is 1. The van der Waals surface area contributed by atoms with Crippen LogP contribution in [0, 0.1) is 23.0 Å². The van der Waals surface area contributed by atoms with E-state index in [0.29, 0.717) is 53.9 Å². The number of hydrogen-bond donors (Lipinski definition) is 1. The van der Waals surface area contributed by atoms with Crippen LogP contribution in [-0.2, 0) is 4.79 Å². The molecule has 0 aliphatic carbocycles. The Balaban J connectivity index is 2.19. The van der Waals surface area contributed by atoms with Crippen LogP contribution in [0.15, 0.2) is 41.4 Å². The van der Waals surface area contributed by atoms with Crippen LogP contribution in [-0.4, -0.2) is 62.5 Å². The SMILES string of the molecule is CNC1CCN(C(=N/C(=C(\C)c2ccc(OC)c(F)c2)c2ccc(C#N)c(F)c2)N(C)C=O)CC1. The van der Waals surface area contributed by atoms with E-state index in [4.69, 9.17) is 15.0 Å². The van der Waals surface area contributed by atoms with Crippen molar-refractivity contribution in [2.75, 3.05) is 34.3 Å². The van der Waals surface area contributed by atoms with Gasteiger partial charge in [0.25, 0.3) is 0 Å². The monoisotopic (exact) mass is 481 g/mol. The quantitative estimate of drug-likeness (QED) is 0.293. The lowest BCUT2D eigenvalue weighted by atomic mass is 9.99. The molecule has 35 heavy (non-hydrogen) atoms. The number of nitrogens with one attached hydrogen (secondary N) is 1. The molecule has 0 radical (unpaired) electrons. The van der Waals surface area contributed by atoms with Gasteiger partial charge in [-0.2, -0.15) is 5.26 Å². The van der Waals surface area contributed by atoms with E-state index in [0.717, 1.165) is 12.8 Å². The molecule has 2 aromatic carbocycles. The summed E-state index contributed by atoms with van der Waals surface area (Å²) < 4.78 is 34.1. The van der Waals surface area contributed by atoms with Gasteiger partial charge < -0.3 is 15.0 Å². The first-order valence-electron chi connectivity index (χ1n) is 11.3. The first-order valence-corrected chi connectivity index (χ1v) is 11.3. The molecule has 1 aliphatic rings. The molecule has 0 spiro atoms. The molecular formula is C26H29F2N5O2. The second-order valence-electron chi connectivity index (χ2n) is 8.31. The Hall–Kier alpha value is -3.77. The topological polar surface area (TPSA) is 81.0 Å². The minimum atomic E-state index is -0.688. The summed E-state index contributed by atoms with van der Waals surface area (Å²) in [6.45, 7) is 3.10. The van der Waals surface area contributed by atoms with Crippen LogP contribution in [0.2, 0.25) is 0 Å². The summed E-state index contributed by atoms with van der Waals surface area (Å²) in [5.74, 6) is -0.725. The fraction of sp³-hybridized carbons (Fsp3) is 0.346. The summed E-state index contributed by atoms with van der Waals surface area (Å²) >= 11 is 0. The zero-order valence-electron chi connectivity index (χ0n) is 20.3. The van der Waals surface area contributed by atoms with Gasteiger partial charge in [0.15, 0.2) is 11.6 Å². The molecule has 1 N–H and O–H groups in total. The van der Waals surface area contributed by atoms with Crippen molar-refractivity contribution in [1.82, 2.24) is 15.1 Å². The number of aliphatic imine (C=N–C) groups is 1. The van der Waals surface area contributed by atoms with Crippen molar-refractivity contribution in [3.05, 3.63) is 64.7 Å². The normalized spacial score (nSPS) is 15.3. The van der Waals surface area contributed by atoms with Crippen molar-refractivity contribution in [2.45, 2.75) is 25.8 Å². The number of likely N-dealkylation sites (tertiary alicyclic amines) is 1. The summed E-state index contributed by atoms with van der Waals surface area (Å²) in [4.78, 5) is 20.0. The Bertz CT molecular complexity index is 1180. The summed E-state index contributed by atoms with van der Waals surface area (Å²) in [5, 5.41) is 12.4. The zero-order valence-corrected chi connectivity index (χ0v) is 20.3. The van der Waals surface area contributed by atoms with Gasteiger partial charge in [0.2, 0.25) is 12.4 Å². The maximum atomic E-state index is 14.6. The maximum absolute atomic E-state index is 14.6. The van der Waals surface area contributed by atoms with Crippen LogP contribution >= 0.6 is 0 Å². The van der Waals surface area contributed by atoms with Gasteiger partial charge >= 0.3 is 0 Å². The smallest absolute Gasteiger partial charge is 0.216 e. The number of carbonyl (C=O) groups excluding carboxylic acids is 1. The van der Waals surface area contributed by atoms with Crippen LogP contribution in [0.5, 0.6) is 5.75 Å². The molecule has 1 amide bonds. The number of hydrogen-bond acceptors (Lipinski definition) is 5. The van der Waals surface area contributed by atoms with Crippen molar-refractivity contribution >= 4 is 23.6 Å². The molecule has 3 rings (SSSR count). The third-order valence-electron chi connectivity index (χ3n) is 6.17. The standard InChI is InChI=1S/C26H29F2N5O2/c1-17(18-7-8-24(35-4)23(28)13-18)25(19-5-6-20(15-29)22(27)14-19)31-26(32(3)16-34)33-11-9-21(30-2)10-12-33/h5-8,13-14,16,21,30H,9-12H2,1-4H3/b25-17+,31-26?. The third-order valence-corrected chi connectivity index (χ3v) is 6.17. The fourth-order valence-electron chi connectivity index (χ4n) is 4.04. The third kappa shape index (κ3) is 5.84. The minimum absolute atomic E-state index is 0.0930. The summed E-state index contributed by atoms with van der Waals surface area (Å²) in [6, 6.07) is 10.9. The molecule has 0 saturated carbocycles. The molecule has 1 aliphatic heterocycles. The molecule has 0 bridgehead atoms. The van der Waals surface area contributed by atoms with Crippen LogP contribution in [0.4, 0.5) is 8.78 Å². The predicted molar refractivity (Wildman–Crippen MR) is 131 cm³/mol. The van der Waals surface area contributed by atoms with E-state index in [-0.39, 0.29) is 11.3 Å². The summed E-state index contributed by atoms with van der Waals surface area (Å²) in [5.41, 5.74) is 1.76. The number of methoxy groups -OCH3 is 1. The number of rotatable bonds is 6. The van der Waals surface area contributed by atoms with Crippen LogP contribution in [0.25, 0.3) is 11.3 Å². The van der Waals surface area contributed by atoms with Crippen LogP contribution in [0.1, 0.15) is 36.5 Å². The number of guanidine groups is 1. The van der Waals surface area contributed by atoms with Gasteiger partial charge in [0, 0.05) is 31.7 Å². The molecule has 7 nitrogen and oxygen atoms in total. The molecular weight excluding hydrogens is 452 g/mol. The highest BCUT2D eigenvalue weighted by molar-refractivity contribution is 5.98. The number of nitriles is 1. The maximum Gasteiger partial charge on any atom is 0.216 e. The van der Waals surface area contributed by atoms with E-state index in [2.05, 4.69) is 5.32 Å². The first kappa shape index (κ1) is 25.8. The average Bonchev–Trinajstić information content (AvgIpc) is 2.88. The van der Waals surface area contributed by atoms with Crippen molar-refractivity contribution < 1.29 is 18.3 Å². The van der Waals surface area contributed by atoms with Crippen LogP contribution < -0.4 is 10.1 Å². The minimum Gasteiger partial charge on any atom is -0.494 e. The highest BCUT2D eigenvalue weighted by Gasteiger charge is 2.24. The van der Waals surface area contributed by atoms with Gasteiger partial charge in [-0.1, -0.05) is 12.1 Å². The molecule has 2 aromatic rings. The van der Waals surface area contributed by atoms with Gasteiger partial charge in [-0.15, -0.1) is 0 Å². The lowest BCUT2D eigenvalue weighted by molar-refractivity contribution is -0.114. The fourth-order valence-corrected chi connectivity index (χ4v) is 4.04. The van der Waals surface area contributed by atoms with Gasteiger partial charge in [-0.05, 0) is 62.2 Å². The molecule has 0 aromatic heterocycles. The number of benzene rings is 2. The van der Waals surface area contributed by atoms with E-state index in [1.54, 1.807) is 26.1 Å². The second kappa shape index (κ2) is 11.6. The van der Waals surface area contributed by atoms with Gasteiger partial charge in [-0.25, -0.2) is 13.8 Å². The van der Waals surface area contributed by atoms with Crippen molar-refractivity contribution in [3.63, 3.8) is 0 Å². The van der Waals surface area contributed by atoms with Gasteiger partial charge in [0.1, 0.15) is 11.9 Å². The van der Waals surface area contributed by atoms with E-state index >= 15 is 0 Å². The Kier molecular flexibility index (Phi) is 8.55. The van der Waals surface area contributed by atoms with E-state index < -0.39 is 11.6 Å².